The van der Waals surface area contributed by atoms with Crippen LogP contribution in [0.3, 0.4) is 0 Å². The number of nitrogens with one attached hydrogen (secondary N) is 1. The van der Waals surface area contributed by atoms with Crippen molar-refractivity contribution in [2.24, 2.45) is 10.8 Å². The highest BCUT2D eigenvalue weighted by molar-refractivity contribution is 5.84. The molecule has 0 bridgehead atoms. The summed E-state index contributed by atoms with van der Waals surface area (Å²) < 4.78 is 5.66. The molecule has 18 heavy (non-hydrogen) atoms. The van der Waals surface area contributed by atoms with Gasteiger partial charge < -0.3 is 10.5 Å². The van der Waals surface area contributed by atoms with Gasteiger partial charge in [0, 0.05) is 5.56 Å². The first-order chi connectivity index (χ1) is 8.74. The molecule has 0 atom stereocenters. The molecule has 0 unspecified atom stereocenters. The van der Waals surface area contributed by atoms with Crippen LogP contribution in [0.15, 0.2) is 29.4 Å². The van der Waals surface area contributed by atoms with Crippen LogP contribution in [0.5, 0.6) is 5.75 Å². The molecule has 0 aliphatic heterocycles. The van der Waals surface area contributed by atoms with Gasteiger partial charge in [0.1, 0.15) is 5.75 Å². The molecule has 0 radical (unpaired) electrons. The molecule has 1 aromatic carbocycles. The number of unbranched alkanes of at least 4 members (excludes halogenated alkanes) is 2. The minimum absolute atomic E-state index is 0.682. The molecular formula is C13H19N3O2. The topological polar surface area (TPSA) is 76.7 Å². The first kappa shape index (κ1) is 14.0. The number of rotatable bonds is 7. The summed E-state index contributed by atoms with van der Waals surface area (Å²) in [6, 6.07) is 6.82. The van der Waals surface area contributed by atoms with Crippen LogP contribution in [0.4, 0.5) is 4.79 Å². The number of nitrogens with two attached hydrogens (primary N) is 1. The van der Waals surface area contributed by atoms with Crippen LogP contribution >= 0.6 is 0 Å². The molecule has 0 fully saturated rings. The fourth-order valence-electron chi connectivity index (χ4n) is 1.42. The van der Waals surface area contributed by atoms with E-state index in [0.717, 1.165) is 30.6 Å². The van der Waals surface area contributed by atoms with Crippen molar-refractivity contribution < 1.29 is 9.53 Å². The number of hydrogen-bond donors (Lipinski definition) is 2. The number of benzene rings is 1. The van der Waals surface area contributed by atoms with E-state index in [1.165, 1.54) is 6.21 Å². The van der Waals surface area contributed by atoms with Gasteiger partial charge in [0.05, 0.1) is 12.8 Å². The number of nitrogens with zero attached hydrogens (tertiary/aromatic N) is 1. The molecule has 1 rings (SSSR count). The summed E-state index contributed by atoms with van der Waals surface area (Å²) >= 11 is 0. The van der Waals surface area contributed by atoms with E-state index in [4.69, 9.17) is 10.5 Å². The molecule has 0 aliphatic rings. The third-order valence-corrected chi connectivity index (χ3v) is 2.30. The number of hydrazone groups is 1. The number of amides is 2. The third kappa shape index (κ3) is 5.34. The average Bonchev–Trinajstić information content (AvgIpc) is 2.36. The van der Waals surface area contributed by atoms with Gasteiger partial charge in [-0.1, -0.05) is 31.9 Å². The number of primary amides is 1. The lowest BCUT2D eigenvalue weighted by atomic mass is 10.2. The molecule has 5 heteroatoms. The first-order valence-electron chi connectivity index (χ1n) is 6.04. The quantitative estimate of drug-likeness (QED) is 0.442. The van der Waals surface area contributed by atoms with Crippen LogP contribution in [0, 0.1) is 0 Å². The normalized spacial score (nSPS) is 10.5. The minimum Gasteiger partial charge on any atom is -0.493 e. The highest BCUT2D eigenvalue weighted by Crippen LogP contribution is 2.16. The lowest BCUT2D eigenvalue weighted by Gasteiger charge is -2.08. The zero-order chi connectivity index (χ0) is 13.2. The lowest BCUT2D eigenvalue weighted by Crippen LogP contribution is -2.24. The molecule has 5 nitrogen and oxygen atoms in total. The molecule has 3 N–H and O–H groups in total. The SMILES string of the molecule is CCCCCOc1ccccc1/C=N/NC(N)=O. The highest BCUT2D eigenvalue weighted by Gasteiger charge is 2.00. The van der Waals surface area contributed by atoms with Crippen molar-refractivity contribution in [3.05, 3.63) is 29.8 Å². The highest BCUT2D eigenvalue weighted by atomic mass is 16.5. The van der Waals surface area contributed by atoms with Crippen molar-refractivity contribution in [2.45, 2.75) is 26.2 Å². The van der Waals surface area contributed by atoms with Crippen molar-refractivity contribution in [2.75, 3.05) is 6.61 Å². The fraction of sp³-hybridized carbons (Fsp3) is 0.385. The largest absolute Gasteiger partial charge is 0.493 e. The standard InChI is InChI=1S/C13H19N3O2/c1-2-3-6-9-18-12-8-5-4-7-11(12)10-15-16-13(14)17/h4-5,7-8,10H,2-3,6,9H2,1H3,(H3,14,16,17)/b15-10+. The molecule has 0 saturated carbocycles. The van der Waals surface area contributed by atoms with E-state index in [2.05, 4.69) is 17.5 Å². The van der Waals surface area contributed by atoms with Gasteiger partial charge >= 0.3 is 6.03 Å². The van der Waals surface area contributed by atoms with Crippen molar-refractivity contribution >= 4 is 12.2 Å². The predicted octanol–water partition coefficient (Wildman–Crippen LogP) is 2.26. The molecule has 1 aromatic rings. The summed E-state index contributed by atoms with van der Waals surface area (Å²) in [5, 5.41) is 3.72. The lowest BCUT2D eigenvalue weighted by molar-refractivity contribution is 0.249. The third-order valence-electron chi connectivity index (χ3n) is 2.30. The van der Waals surface area contributed by atoms with Gasteiger partial charge in [-0.25, -0.2) is 10.2 Å². The van der Waals surface area contributed by atoms with E-state index in [9.17, 15) is 4.79 Å². The van der Waals surface area contributed by atoms with Gasteiger partial charge in [0.2, 0.25) is 0 Å². The Hall–Kier alpha value is -2.04. The fourth-order valence-corrected chi connectivity index (χ4v) is 1.42. The van der Waals surface area contributed by atoms with Crippen molar-refractivity contribution in [1.82, 2.24) is 5.43 Å². The second-order valence-corrected chi connectivity index (χ2v) is 3.83. The average molecular weight is 249 g/mol. The van der Waals surface area contributed by atoms with Crippen molar-refractivity contribution in [3.63, 3.8) is 0 Å². The van der Waals surface area contributed by atoms with Crippen molar-refractivity contribution in [1.29, 1.82) is 0 Å². The van der Waals surface area contributed by atoms with Crippen molar-refractivity contribution in [3.8, 4) is 5.75 Å². The Bertz CT molecular complexity index is 405. The molecule has 2 amide bonds. The zero-order valence-electron chi connectivity index (χ0n) is 10.6. The summed E-state index contributed by atoms with van der Waals surface area (Å²) in [6.07, 6.45) is 4.86. The zero-order valence-corrected chi connectivity index (χ0v) is 10.6. The van der Waals surface area contributed by atoms with E-state index < -0.39 is 6.03 Å². The van der Waals surface area contributed by atoms with E-state index in [1.54, 1.807) is 0 Å². The second kappa shape index (κ2) is 8.11. The number of para-hydroxylation sites is 1. The van der Waals surface area contributed by atoms with E-state index >= 15 is 0 Å². The van der Waals surface area contributed by atoms with Crippen LogP contribution in [-0.2, 0) is 0 Å². The maximum Gasteiger partial charge on any atom is 0.332 e. The van der Waals surface area contributed by atoms with Crippen LogP contribution in [0.1, 0.15) is 31.7 Å². The number of urea groups is 1. The minimum atomic E-state index is -0.687. The summed E-state index contributed by atoms with van der Waals surface area (Å²) in [7, 11) is 0. The molecule has 0 heterocycles. The van der Waals surface area contributed by atoms with Gasteiger partial charge in [-0.05, 0) is 18.6 Å². The Morgan fingerprint density at radius 1 is 1.44 bits per heavy atom. The Balaban J connectivity index is 2.56. The monoisotopic (exact) mass is 249 g/mol. The van der Waals surface area contributed by atoms with Gasteiger partial charge in [-0.2, -0.15) is 5.10 Å². The number of carbonyl (C=O) groups excluding carboxylic acids is 1. The smallest absolute Gasteiger partial charge is 0.332 e. The van der Waals surface area contributed by atoms with Gasteiger partial charge in [-0.3, -0.25) is 0 Å². The maximum atomic E-state index is 10.5. The molecule has 0 spiro atoms. The molecule has 0 aliphatic carbocycles. The summed E-state index contributed by atoms with van der Waals surface area (Å²) in [4.78, 5) is 10.5. The van der Waals surface area contributed by atoms with Crippen LogP contribution < -0.4 is 15.9 Å². The van der Waals surface area contributed by atoms with Crippen LogP contribution in [-0.4, -0.2) is 18.9 Å². The number of ether oxygens (including phenoxy) is 1. The first-order valence-corrected chi connectivity index (χ1v) is 6.04. The Morgan fingerprint density at radius 3 is 2.94 bits per heavy atom. The van der Waals surface area contributed by atoms with Crippen LogP contribution in [0.25, 0.3) is 0 Å². The summed E-state index contributed by atoms with van der Waals surface area (Å²) in [6.45, 7) is 2.83. The summed E-state index contributed by atoms with van der Waals surface area (Å²) in [5.74, 6) is 0.753. The molecule has 98 valence electrons. The molecule has 0 aromatic heterocycles. The van der Waals surface area contributed by atoms with E-state index in [-0.39, 0.29) is 0 Å². The second-order valence-electron chi connectivity index (χ2n) is 3.83. The number of hydrogen-bond acceptors (Lipinski definition) is 3. The Labute approximate surface area is 107 Å². The van der Waals surface area contributed by atoms with Crippen LogP contribution in [0.2, 0.25) is 0 Å². The predicted molar refractivity (Wildman–Crippen MR) is 71.8 cm³/mol. The molecule has 0 saturated heterocycles. The van der Waals surface area contributed by atoms with Gasteiger partial charge in [0.15, 0.2) is 0 Å². The van der Waals surface area contributed by atoms with E-state index in [1.807, 2.05) is 24.3 Å². The Kier molecular flexibility index (Phi) is 6.32. The van der Waals surface area contributed by atoms with Gasteiger partial charge in [0.25, 0.3) is 0 Å². The number of carbonyl (C=O) groups is 1. The maximum absolute atomic E-state index is 10.5. The molecular weight excluding hydrogens is 230 g/mol. The van der Waals surface area contributed by atoms with Gasteiger partial charge in [-0.15, -0.1) is 0 Å². The Morgan fingerprint density at radius 2 is 2.22 bits per heavy atom. The summed E-state index contributed by atoms with van der Waals surface area (Å²) in [5.41, 5.74) is 7.87. The van der Waals surface area contributed by atoms with E-state index in [0.29, 0.717) is 6.61 Å².